The van der Waals surface area contributed by atoms with Gasteiger partial charge in [0, 0.05) is 18.7 Å². The maximum absolute atomic E-state index is 11.3. The normalized spacial score (nSPS) is 13.1. The Balaban J connectivity index is 2.96. The zero-order chi connectivity index (χ0) is 12.2. The van der Waals surface area contributed by atoms with E-state index in [1.54, 1.807) is 18.2 Å². The van der Waals surface area contributed by atoms with Crippen LogP contribution in [0, 0.1) is 12.3 Å². The second-order valence-electron chi connectivity index (χ2n) is 3.69. The Hall–Kier alpha value is -1.31. The van der Waals surface area contributed by atoms with Crippen molar-refractivity contribution >= 4 is 9.84 Å². The van der Waals surface area contributed by atoms with E-state index >= 15 is 0 Å². The van der Waals surface area contributed by atoms with Crippen molar-refractivity contribution in [1.82, 2.24) is 0 Å². The number of nitrogens with two attached hydrogens (primary N) is 1. The fraction of sp³-hybridized carbons (Fsp3) is 0.333. The maximum atomic E-state index is 11.3. The Bertz CT molecular complexity index is 500. The van der Waals surface area contributed by atoms with Crippen LogP contribution in [-0.4, -0.2) is 14.7 Å². The molecule has 0 aromatic heterocycles. The van der Waals surface area contributed by atoms with Crippen LogP contribution >= 0.6 is 0 Å². The van der Waals surface area contributed by atoms with Crippen LogP contribution in [0.3, 0.4) is 0 Å². The molecule has 1 atom stereocenters. The lowest BCUT2D eigenvalue weighted by Crippen LogP contribution is -2.10. The van der Waals surface area contributed by atoms with Crippen molar-refractivity contribution in [3.63, 3.8) is 0 Å². The third-order valence-corrected chi connectivity index (χ3v) is 3.42. The minimum Gasteiger partial charge on any atom is -0.324 e. The van der Waals surface area contributed by atoms with Crippen molar-refractivity contribution in [3.8, 4) is 12.3 Å². The minimum absolute atomic E-state index is 0.210. The first-order chi connectivity index (χ1) is 7.45. The van der Waals surface area contributed by atoms with Crippen molar-refractivity contribution in [3.05, 3.63) is 29.8 Å². The summed E-state index contributed by atoms with van der Waals surface area (Å²) in [7, 11) is -3.18. The molecule has 0 aliphatic rings. The van der Waals surface area contributed by atoms with Gasteiger partial charge in [-0.1, -0.05) is 12.1 Å². The van der Waals surface area contributed by atoms with Crippen LogP contribution < -0.4 is 5.73 Å². The van der Waals surface area contributed by atoms with Crippen LogP contribution in [0.5, 0.6) is 0 Å². The molecule has 0 fully saturated rings. The summed E-state index contributed by atoms with van der Waals surface area (Å²) in [5, 5.41) is 0. The maximum Gasteiger partial charge on any atom is 0.175 e. The summed E-state index contributed by atoms with van der Waals surface area (Å²) in [5.41, 5.74) is 6.71. The zero-order valence-electron chi connectivity index (χ0n) is 9.18. The highest BCUT2D eigenvalue weighted by atomic mass is 32.2. The smallest absolute Gasteiger partial charge is 0.175 e. The average Bonchev–Trinajstić information content (AvgIpc) is 2.25. The summed E-state index contributed by atoms with van der Waals surface area (Å²) >= 11 is 0. The summed E-state index contributed by atoms with van der Waals surface area (Å²) in [4.78, 5) is 0.293. The number of rotatable bonds is 4. The number of terminal acetylenes is 1. The first-order valence-electron chi connectivity index (χ1n) is 4.94. The van der Waals surface area contributed by atoms with Gasteiger partial charge in [0.15, 0.2) is 9.84 Å². The van der Waals surface area contributed by atoms with E-state index in [9.17, 15) is 8.42 Å². The molecule has 0 bridgehead atoms. The van der Waals surface area contributed by atoms with Crippen LogP contribution in [0.1, 0.15) is 24.4 Å². The number of hydrogen-bond acceptors (Lipinski definition) is 3. The zero-order valence-corrected chi connectivity index (χ0v) is 10.00. The van der Waals surface area contributed by atoms with E-state index in [1.807, 2.05) is 6.07 Å². The highest BCUT2D eigenvalue weighted by Gasteiger charge is 2.10. The van der Waals surface area contributed by atoms with Crippen molar-refractivity contribution in [2.45, 2.75) is 23.8 Å². The van der Waals surface area contributed by atoms with E-state index in [2.05, 4.69) is 5.92 Å². The van der Waals surface area contributed by atoms with Crippen molar-refractivity contribution in [2.24, 2.45) is 5.73 Å². The lowest BCUT2D eigenvalue weighted by molar-refractivity contribution is 0.601. The molecule has 1 aromatic rings. The molecular formula is C12H15NO2S. The second-order valence-corrected chi connectivity index (χ2v) is 5.71. The molecule has 0 radical (unpaired) electrons. The average molecular weight is 237 g/mol. The van der Waals surface area contributed by atoms with Crippen LogP contribution in [0.15, 0.2) is 29.2 Å². The number of sulfone groups is 1. The summed E-state index contributed by atoms with van der Waals surface area (Å²) in [6.45, 7) is 0. The molecule has 0 amide bonds. The van der Waals surface area contributed by atoms with Gasteiger partial charge in [-0.15, -0.1) is 12.3 Å². The molecule has 16 heavy (non-hydrogen) atoms. The molecule has 4 heteroatoms. The van der Waals surface area contributed by atoms with Crippen molar-refractivity contribution < 1.29 is 8.42 Å². The molecule has 1 unspecified atom stereocenters. The number of benzene rings is 1. The van der Waals surface area contributed by atoms with E-state index in [1.165, 1.54) is 6.26 Å². The van der Waals surface area contributed by atoms with Crippen molar-refractivity contribution in [2.75, 3.05) is 6.26 Å². The molecule has 0 heterocycles. The van der Waals surface area contributed by atoms with Gasteiger partial charge < -0.3 is 5.73 Å². The van der Waals surface area contributed by atoms with Gasteiger partial charge in [0.05, 0.1) is 4.90 Å². The van der Waals surface area contributed by atoms with Crippen LogP contribution in [-0.2, 0) is 9.84 Å². The highest BCUT2D eigenvalue weighted by Crippen LogP contribution is 2.19. The van der Waals surface area contributed by atoms with Gasteiger partial charge >= 0.3 is 0 Å². The first-order valence-corrected chi connectivity index (χ1v) is 6.83. The van der Waals surface area contributed by atoms with Crippen LogP contribution in [0.25, 0.3) is 0 Å². The molecule has 0 saturated heterocycles. The molecule has 0 saturated carbocycles. The van der Waals surface area contributed by atoms with E-state index in [-0.39, 0.29) is 6.04 Å². The molecule has 0 aliphatic heterocycles. The Morgan fingerprint density at radius 1 is 1.50 bits per heavy atom. The van der Waals surface area contributed by atoms with Crippen LogP contribution in [0.4, 0.5) is 0 Å². The SMILES string of the molecule is C#CCCC(N)c1cccc(S(C)(=O)=O)c1. The lowest BCUT2D eigenvalue weighted by atomic mass is 10.0. The summed E-state index contributed by atoms with van der Waals surface area (Å²) in [6.07, 6.45) is 7.58. The second kappa shape index (κ2) is 5.15. The Labute approximate surface area is 96.6 Å². The van der Waals surface area contributed by atoms with Gasteiger partial charge in [-0.25, -0.2) is 8.42 Å². The van der Waals surface area contributed by atoms with Gasteiger partial charge in [-0.2, -0.15) is 0 Å². The van der Waals surface area contributed by atoms with Crippen LogP contribution in [0.2, 0.25) is 0 Å². The molecular weight excluding hydrogens is 222 g/mol. The summed E-state index contributed by atoms with van der Waals surface area (Å²) in [5.74, 6) is 2.51. The summed E-state index contributed by atoms with van der Waals surface area (Å²) in [6, 6.07) is 6.47. The third kappa shape index (κ3) is 3.37. The molecule has 1 rings (SSSR count). The van der Waals surface area contributed by atoms with E-state index in [4.69, 9.17) is 12.2 Å². The first kappa shape index (κ1) is 12.8. The minimum atomic E-state index is -3.18. The topological polar surface area (TPSA) is 60.2 Å². The Kier molecular flexibility index (Phi) is 4.11. The standard InChI is InChI=1S/C12H15NO2S/c1-3-4-8-12(13)10-6-5-7-11(9-10)16(2,14)15/h1,5-7,9,12H,4,8,13H2,2H3. The predicted molar refractivity (Wildman–Crippen MR) is 64.5 cm³/mol. The fourth-order valence-electron chi connectivity index (χ4n) is 1.38. The molecule has 1 aromatic carbocycles. The number of hydrogen-bond donors (Lipinski definition) is 1. The van der Waals surface area contributed by atoms with Crippen molar-refractivity contribution in [1.29, 1.82) is 0 Å². The van der Waals surface area contributed by atoms with Gasteiger partial charge in [0.25, 0.3) is 0 Å². The Morgan fingerprint density at radius 2 is 2.19 bits per heavy atom. The van der Waals surface area contributed by atoms with Gasteiger partial charge in [-0.05, 0) is 24.1 Å². The van der Waals surface area contributed by atoms with Gasteiger partial charge in [0.2, 0.25) is 0 Å². The monoisotopic (exact) mass is 237 g/mol. The predicted octanol–water partition coefficient (Wildman–Crippen LogP) is 1.50. The Morgan fingerprint density at radius 3 is 2.75 bits per heavy atom. The van der Waals surface area contributed by atoms with E-state index < -0.39 is 9.84 Å². The fourth-order valence-corrected chi connectivity index (χ4v) is 2.06. The molecule has 3 nitrogen and oxygen atoms in total. The third-order valence-electron chi connectivity index (χ3n) is 2.31. The lowest BCUT2D eigenvalue weighted by Gasteiger charge is -2.11. The van der Waals surface area contributed by atoms with E-state index in [0.29, 0.717) is 17.7 Å². The molecule has 0 spiro atoms. The molecule has 0 aliphatic carbocycles. The molecule has 2 N–H and O–H groups in total. The van der Waals surface area contributed by atoms with Gasteiger partial charge in [0.1, 0.15) is 0 Å². The van der Waals surface area contributed by atoms with E-state index in [0.717, 1.165) is 5.56 Å². The quantitative estimate of drug-likeness (QED) is 0.807. The summed E-state index contributed by atoms with van der Waals surface area (Å²) < 4.78 is 22.7. The highest BCUT2D eigenvalue weighted by molar-refractivity contribution is 7.90. The van der Waals surface area contributed by atoms with Gasteiger partial charge in [-0.3, -0.25) is 0 Å². The largest absolute Gasteiger partial charge is 0.324 e. The molecule has 86 valence electrons.